The van der Waals surface area contributed by atoms with Crippen LogP contribution in [0.3, 0.4) is 0 Å². The van der Waals surface area contributed by atoms with Crippen LogP contribution in [0.1, 0.15) is 41.2 Å². The van der Waals surface area contributed by atoms with E-state index < -0.39 is 5.60 Å². The topological polar surface area (TPSA) is 67.5 Å². The molecule has 2 heterocycles. The molecule has 2 aliphatic rings. The number of rotatable bonds is 6. The first-order chi connectivity index (χ1) is 14.5. The molecule has 0 amide bonds. The van der Waals surface area contributed by atoms with Crippen molar-refractivity contribution in [2.24, 2.45) is 0 Å². The minimum Gasteiger partial charge on any atom is -0.489 e. The fourth-order valence-corrected chi connectivity index (χ4v) is 4.58. The van der Waals surface area contributed by atoms with Gasteiger partial charge in [0, 0.05) is 30.1 Å². The van der Waals surface area contributed by atoms with Crippen LogP contribution in [-0.2, 0) is 12.2 Å². The monoisotopic (exact) mass is 444 g/mol. The Bertz CT molecular complexity index is 1080. The van der Waals surface area contributed by atoms with Gasteiger partial charge in [-0.3, -0.25) is 0 Å². The van der Waals surface area contributed by atoms with Crippen LogP contribution in [0.25, 0.3) is 11.3 Å². The van der Waals surface area contributed by atoms with Gasteiger partial charge in [-0.2, -0.15) is 0 Å². The fourth-order valence-electron chi connectivity index (χ4n) is 3.93. The molecule has 1 aliphatic carbocycles. The van der Waals surface area contributed by atoms with Crippen LogP contribution >= 0.6 is 23.2 Å². The Morgan fingerprint density at radius 3 is 2.63 bits per heavy atom. The largest absolute Gasteiger partial charge is 0.489 e. The summed E-state index contributed by atoms with van der Waals surface area (Å²) >= 11 is 12.9. The van der Waals surface area contributed by atoms with Gasteiger partial charge in [0.15, 0.2) is 0 Å². The third kappa shape index (κ3) is 3.50. The molecule has 0 atom stereocenters. The van der Waals surface area contributed by atoms with E-state index >= 15 is 0 Å². The van der Waals surface area contributed by atoms with E-state index in [-0.39, 0.29) is 0 Å². The van der Waals surface area contributed by atoms with Crippen LogP contribution in [0.2, 0.25) is 10.0 Å². The van der Waals surface area contributed by atoms with Crippen molar-refractivity contribution < 1.29 is 14.4 Å². The van der Waals surface area contributed by atoms with Crippen molar-refractivity contribution in [3.63, 3.8) is 0 Å². The number of aliphatic hydroxyl groups is 1. The van der Waals surface area contributed by atoms with E-state index in [1.807, 2.05) is 37.3 Å². The number of β-amino-alcohol motifs (C(OH)–C–C–N with tert-alkyl or cyclic N) is 1. The molecule has 0 spiro atoms. The number of nitrogens with zero attached hydrogens (tertiary/aromatic N) is 1. The van der Waals surface area contributed by atoms with E-state index in [0.29, 0.717) is 47.0 Å². The number of hydrogen-bond acceptors (Lipinski definition) is 5. The van der Waals surface area contributed by atoms with Crippen LogP contribution in [0.15, 0.2) is 40.9 Å². The Morgan fingerprint density at radius 2 is 2.00 bits per heavy atom. The molecule has 1 saturated heterocycles. The summed E-state index contributed by atoms with van der Waals surface area (Å²) in [6.45, 7) is 3.31. The normalized spacial score (nSPS) is 17.6. The molecule has 2 fully saturated rings. The molecule has 5 rings (SSSR count). The summed E-state index contributed by atoms with van der Waals surface area (Å²) in [4.78, 5) is 0. The summed E-state index contributed by atoms with van der Waals surface area (Å²) in [5.74, 6) is 1.89. The first-order valence-electron chi connectivity index (χ1n) is 10.1. The lowest BCUT2D eigenvalue weighted by Gasteiger charge is -2.38. The van der Waals surface area contributed by atoms with Crippen molar-refractivity contribution >= 4 is 23.2 Å². The number of aromatic nitrogens is 1. The first-order valence-corrected chi connectivity index (χ1v) is 10.8. The zero-order chi connectivity index (χ0) is 20.9. The van der Waals surface area contributed by atoms with Gasteiger partial charge in [0.1, 0.15) is 29.4 Å². The first kappa shape index (κ1) is 19.9. The summed E-state index contributed by atoms with van der Waals surface area (Å²) in [5, 5.41) is 19.1. The maximum Gasteiger partial charge on any atom is 0.147 e. The molecule has 5 nitrogen and oxygen atoms in total. The van der Waals surface area contributed by atoms with E-state index in [9.17, 15) is 5.11 Å². The van der Waals surface area contributed by atoms with E-state index in [1.165, 1.54) is 0 Å². The second kappa shape index (κ2) is 7.57. The van der Waals surface area contributed by atoms with Crippen molar-refractivity contribution in [2.45, 2.75) is 37.9 Å². The van der Waals surface area contributed by atoms with E-state index in [2.05, 4.69) is 10.5 Å². The summed E-state index contributed by atoms with van der Waals surface area (Å²) in [5.41, 5.74) is 3.38. The zero-order valence-corrected chi connectivity index (χ0v) is 18.1. The molecule has 0 unspecified atom stereocenters. The SMILES string of the molecule is Cc1cccc(Cl)c1-c1noc(C2CC2)c1COc1ccc(C2(O)CNC2)c(Cl)c1. The van der Waals surface area contributed by atoms with Gasteiger partial charge in [0.25, 0.3) is 0 Å². The highest BCUT2D eigenvalue weighted by molar-refractivity contribution is 6.33. The van der Waals surface area contributed by atoms with Gasteiger partial charge in [-0.1, -0.05) is 46.6 Å². The van der Waals surface area contributed by atoms with Crippen LogP contribution < -0.4 is 10.1 Å². The Morgan fingerprint density at radius 1 is 1.20 bits per heavy atom. The molecule has 0 bridgehead atoms. The molecule has 30 heavy (non-hydrogen) atoms. The minimum atomic E-state index is -0.905. The van der Waals surface area contributed by atoms with Crippen molar-refractivity contribution in [1.82, 2.24) is 10.5 Å². The van der Waals surface area contributed by atoms with Gasteiger partial charge < -0.3 is 19.7 Å². The van der Waals surface area contributed by atoms with Gasteiger partial charge in [-0.15, -0.1) is 0 Å². The Labute approximate surface area is 184 Å². The highest BCUT2D eigenvalue weighted by Gasteiger charge is 2.38. The summed E-state index contributed by atoms with van der Waals surface area (Å²) in [6, 6.07) is 11.2. The quantitative estimate of drug-likeness (QED) is 0.546. The molecule has 1 saturated carbocycles. The van der Waals surface area contributed by atoms with Gasteiger partial charge in [0.2, 0.25) is 0 Å². The Balaban J connectivity index is 1.44. The van der Waals surface area contributed by atoms with Crippen LogP contribution in [0.4, 0.5) is 0 Å². The standard InChI is InChI=1S/C23H22Cl2N2O3/c1-13-3-2-4-18(24)20(13)21-16(22(30-27-21)14-5-6-14)10-29-15-7-8-17(19(25)9-15)23(28)11-26-12-23/h2-4,7-9,14,26,28H,5-6,10-12H2,1H3. The van der Waals surface area contributed by atoms with Gasteiger partial charge in [0.05, 0.1) is 15.6 Å². The number of benzene rings is 2. The molecule has 7 heteroatoms. The van der Waals surface area contributed by atoms with Crippen molar-refractivity contribution in [3.8, 4) is 17.0 Å². The number of halogens is 2. The molecule has 2 N–H and O–H groups in total. The van der Waals surface area contributed by atoms with Crippen LogP contribution in [0, 0.1) is 6.92 Å². The number of hydrogen-bond donors (Lipinski definition) is 2. The van der Waals surface area contributed by atoms with Gasteiger partial charge in [-0.05, 0) is 43.5 Å². The average molecular weight is 445 g/mol. The second-order valence-corrected chi connectivity index (χ2v) is 8.96. The fraction of sp³-hybridized carbons (Fsp3) is 0.348. The summed E-state index contributed by atoms with van der Waals surface area (Å²) in [6.07, 6.45) is 2.19. The third-order valence-corrected chi connectivity index (χ3v) is 6.51. The molecule has 0 radical (unpaired) electrons. The molecule has 3 aromatic rings. The second-order valence-electron chi connectivity index (χ2n) is 8.15. The van der Waals surface area contributed by atoms with Crippen molar-refractivity contribution in [2.75, 3.05) is 13.1 Å². The van der Waals surface area contributed by atoms with E-state index in [1.54, 1.807) is 6.07 Å². The average Bonchev–Trinajstić information content (AvgIpc) is 3.45. The lowest BCUT2D eigenvalue weighted by Crippen LogP contribution is -2.56. The Kier molecular flexibility index (Phi) is 5.02. The third-order valence-electron chi connectivity index (χ3n) is 5.89. The maximum absolute atomic E-state index is 10.5. The minimum absolute atomic E-state index is 0.302. The predicted molar refractivity (Wildman–Crippen MR) is 116 cm³/mol. The smallest absolute Gasteiger partial charge is 0.147 e. The maximum atomic E-state index is 10.5. The van der Waals surface area contributed by atoms with Crippen molar-refractivity contribution in [3.05, 3.63) is 68.9 Å². The molecule has 1 aromatic heterocycles. The number of ether oxygens (including phenoxy) is 1. The molecule has 2 aromatic carbocycles. The summed E-state index contributed by atoms with van der Waals surface area (Å²) in [7, 11) is 0. The summed E-state index contributed by atoms with van der Waals surface area (Å²) < 4.78 is 11.8. The van der Waals surface area contributed by atoms with Crippen LogP contribution in [0.5, 0.6) is 5.75 Å². The molecule has 1 aliphatic heterocycles. The lowest BCUT2D eigenvalue weighted by atomic mass is 9.88. The van der Waals surface area contributed by atoms with Gasteiger partial charge >= 0.3 is 0 Å². The predicted octanol–water partition coefficient (Wildman–Crippen LogP) is 5.20. The Hall–Kier alpha value is -2.05. The van der Waals surface area contributed by atoms with Crippen LogP contribution in [-0.4, -0.2) is 23.4 Å². The van der Waals surface area contributed by atoms with Crippen molar-refractivity contribution in [1.29, 1.82) is 0 Å². The lowest BCUT2D eigenvalue weighted by molar-refractivity contribution is -0.0145. The molecular formula is C23H22Cl2N2O3. The zero-order valence-electron chi connectivity index (χ0n) is 16.5. The number of aryl methyl sites for hydroxylation is 1. The highest BCUT2D eigenvalue weighted by atomic mass is 35.5. The van der Waals surface area contributed by atoms with Gasteiger partial charge in [-0.25, -0.2) is 0 Å². The molecule has 156 valence electrons. The molecular weight excluding hydrogens is 423 g/mol. The highest BCUT2D eigenvalue weighted by Crippen LogP contribution is 2.45. The van der Waals surface area contributed by atoms with E-state index in [0.717, 1.165) is 41.0 Å². The number of nitrogens with one attached hydrogen (secondary N) is 1. The van der Waals surface area contributed by atoms with E-state index in [4.69, 9.17) is 32.5 Å².